The van der Waals surface area contributed by atoms with E-state index in [1.807, 2.05) is 4.90 Å². The molecule has 4 rings (SSSR count). The van der Waals surface area contributed by atoms with Gasteiger partial charge in [0.05, 0.1) is 6.04 Å². The summed E-state index contributed by atoms with van der Waals surface area (Å²) in [5, 5.41) is 13.4. The first-order valence-electron chi connectivity index (χ1n) is 11.1. The van der Waals surface area contributed by atoms with Crippen molar-refractivity contribution >= 4 is 11.8 Å². The molecule has 0 aromatic heterocycles. The summed E-state index contributed by atoms with van der Waals surface area (Å²) in [6.45, 7) is 4.89. The molecule has 158 valence electrons. The van der Waals surface area contributed by atoms with Gasteiger partial charge >= 0.3 is 0 Å². The molecule has 0 aromatic rings. The number of carbonyl (C=O) groups excluding carboxylic acids is 2. The van der Waals surface area contributed by atoms with Crippen LogP contribution >= 0.6 is 0 Å². The van der Waals surface area contributed by atoms with Crippen LogP contribution in [0, 0.1) is 17.8 Å². The molecule has 2 aliphatic carbocycles. The van der Waals surface area contributed by atoms with Gasteiger partial charge in [-0.1, -0.05) is 13.3 Å². The highest BCUT2D eigenvalue weighted by Gasteiger charge is 2.50. The number of nitrogens with zero attached hydrogens (tertiary/aromatic N) is 2. The summed E-state index contributed by atoms with van der Waals surface area (Å²) in [5.74, 6) is 0.886. The summed E-state index contributed by atoms with van der Waals surface area (Å²) >= 11 is 0. The minimum Gasteiger partial charge on any atom is -0.380 e. The Bertz CT molecular complexity index is 596. The summed E-state index contributed by atoms with van der Waals surface area (Å²) in [5.41, 5.74) is -1.13. The number of hydrogen-bond acceptors (Lipinski definition) is 4. The van der Waals surface area contributed by atoms with Crippen molar-refractivity contribution in [1.82, 2.24) is 15.1 Å². The van der Waals surface area contributed by atoms with Crippen LogP contribution in [0.25, 0.3) is 0 Å². The molecule has 2 saturated heterocycles. The average Bonchev–Trinajstić information content (AvgIpc) is 3.46. The molecule has 2 heterocycles. The van der Waals surface area contributed by atoms with Crippen LogP contribution in [-0.2, 0) is 9.59 Å². The topological polar surface area (TPSA) is 72.9 Å². The number of carbonyl (C=O) groups is 2. The Kier molecular flexibility index (Phi) is 5.67. The molecule has 2 aliphatic heterocycles. The lowest BCUT2D eigenvalue weighted by Crippen LogP contribution is -2.58. The molecule has 6 nitrogen and oxygen atoms in total. The lowest BCUT2D eigenvalue weighted by molar-refractivity contribution is -0.148. The highest BCUT2D eigenvalue weighted by atomic mass is 19.1. The largest absolute Gasteiger partial charge is 0.380 e. The van der Waals surface area contributed by atoms with Crippen molar-refractivity contribution in [2.75, 3.05) is 32.7 Å². The Morgan fingerprint density at radius 2 is 1.71 bits per heavy atom. The first-order valence-corrected chi connectivity index (χ1v) is 11.1. The van der Waals surface area contributed by atoms with E-state index in [0.29, 0.717) is 57.3 Å². The Hall–Kier alpha value is -1.21. The quantitative estimate of drug-likeness (QED) is 0.756. The third-order valence-electron chi connectivity index (χ3n) is 7.44. The van der Waals surface area contributed by atoms with Gasteiger partial charge in [-0.2, -0.15) is 0 Å². The number of nitrogens with one attached hydrogen (secondary N) is 1. The summed E-state index contributed by atoms with van der Waals surface area (Å²) < 4.78 is 14.5. The number of aliphatic hydroxyl groups is 1. The standard InChI is InChI=1S/C21H34FN3O3/c1-14-2-4-16(17(22)12-14)15-3-5-18(23-13-15)19(26)24-8-10-25(11-9-24)20(27)21(28)6-7-21/h14-18,23,28H,2-13H2,1H3. The zero-order valence-corrected chi connectivity index (χ0v) is 16.9. The third-order valence-corrected chi connectivity index (χ3v) is 7.44. The molecule has 5 unspecified atom stereocenters. The fourth-order valence-corrected chi connectivity index (χ4v) is 5.30. The number of piperazine rings is 1. The van der Waals surface area contributed by atoms with Crippen LogP contribution in [0.3, 0.4) is 0 Å². The lowest BCUT2D eigenvalue weighted by atomic mass is 9.72. The fourth-order valence-electron chi connectivity index (χ4n) is 5.30. The average molecular weight is 396 g/mol. The van der Waals surface area contributed by atoms with Gasteiger partial charge in [-0.3, -0.25) is 9.59 Å². The Morgan fingerprint density at radius 1 is 1.04 bits per heavy atom. The predicted molar refractivity (Wildman–Crippen MR) is 103 cm³/mol. The van der Waals surface area contributed by atoms with Crippen molar-refractivity contribution < 1.29 is 19.1 Å². The Balaban J connectivity index is 1.23. The van der Waals surface area contributed by atoms with Gasteiger partial charge in [-0.05, 0) is 62.8 Å². The van der Waals surface area contributed by atoms with Crippen molar-refractivity contribution in [2.24, 2.45) is 17.8 Å². The van der Waals surface area contributed by atoms with E-state index >= 15 is 0 Å². The van der Waals surface area contributed by atoms with Crippen LogP contribution in [0.5, 0.6) is 0 Å². The predicted octanol–water partition coefficient (Wildman–Crippen LogP) is 1.32. The maximum atomic E-state index is 14.5. The minimum atomic E-state index is -1.13. The number of halogens is 1. The molecular formula is C21H34FN3O3. The van der Waals surface area contributed by atoms with E-state index in [1.165, 1.54) is 0 Å². The van der Waals surface area contributed by atoms with E-state index in [1.54, 1.807) is 4.90 Å². The molecule has 0 radical (unpaired) electrons. The molecular weight excluding hydrogens is 361 g/mol. The van der Waals surface area contributed by atoms with Gasteiger partial charge in [0, 0.05) is 26.2 Å². The van der Waals surface area contributed by atoms with E-state index in [2.05, 4.69) is 12.2 Å². The molecule has 28 heavy (non-hydrogen) atoms. The maximum absolute atomic E-state index is 14.5. The van der Waals surface area contributed by atoms with Crippen molar-refractivity contribution in [3.05, 3.63) is 0 Å². The molecule has 2 saturated carbocycles. The van der Waals surface area contributed by atoms with E-state index in [9.17, 15) is 19.1 Å². The smallest absolute Gasteiger partial charge is 0.254 e. The minimum absolute atomic E-state index is 0.102. The highest BCUT2D eigenvalue weighted by molar-refractivity contribution is 5.88. The van der Waals surface area contributed by atoms with E-state index in [0.717, 1.165) is 32.2 Å². The summed E-state index contributed by atoms with van der Waals surface area (Å²) in [6, 6.07) is -0.188. The zero-order valence-electron chi connectivity index (χ0n) is 16.9. The van der Waals surface area contributed by atoms with E-state index in [-0.39, 0.29) is 23.8 Å². The van der Waals surface area contributed by atoms with E-state index in [4.69, 9.17) is 0 Å². The van der Waals surface area contributed by atoms with Crippen LogP contribution in [-0.4, -0.2) is 77.3 Å². The molecule has 0 bridgehead atoms. The molecule has 2 N–H and O–H groups in total. The van der Waals surface area contributed by atoms with Crippen molar-refractivity contribution in [1.29, 1.82) is 0 Å². The van der Waals surface area contributed by atoms with Gasteiger partial charge in [-0.15, -0.1) is 0 Å². The number of hydrogen-bond donors (Lipinski definition) is 2. The van der Waals surface area contributed by atoms with Crippen LogP contribution in [0.4, 0.5) is 4.39 Å². The second kappa shape index (κ2) is 7.90. The third kappa shape index (κ3) is 4.06. The van der Waals surface area contributed by atoms with Gasteiger partial charge in [0.15, 0.2) is 0 Å². The highest BCUT2D eigenvalue weighted by Crippen LogP contribution is 2.39. The molecule has 5 atom stereocenters. The van der Waals surface area contributed by atoms with Crippen molar-refractivity contribution in [2.45, 2.75) is 69.7 Å². The van der Waals surface area contributed by atoms with Gasteiger partial charge in [0.25, 0.3) is 5.91 Å². The van der Waals surface area contributed by atoms with Crippen LogP contribution in [0.15, 0.2) is 0 Å². The Labute approximate surface area is 166 Å². The first kappa shape index (κ1) is 20.1. The van der Waals surface area contributed by atoms with Crippen molar-refractivity contribution in [3.8, 4) is 0 Å². The number of alkyl halides is 1. The normalized spacial score (nSPS) is 38.2. The maximum Gasteiger partial charge on any atom is 0.254 e. The monoisotopic (exact) mass is 395 g/mol. The molecule has 7 heteroatoms. The summed E-state index contributed by atoms with van der Waals surface area (Å²) in [7, 11) is 0. The number of rotatable bonds is 3. The second-order valence-electron chi connectivity index (χ2n) is 9.55. The van der Waals surface area contributed by atoms with Crippen LogP contribution in [0.1, 0.15) is 51.9 Å². The Morgan fingerprint density at radius 3 is 2.29 bits per heavy atom. The molecule has 0 aromatic carbocycles. The molecule has 2 amide bonds. The zero-order chi connectivity index (χ0) is 19.9. The molecule has 4 aliphatic rings. The van der Waals surface area contributed by atoms with Gasteiger partial charge in [0.1, 0.15) is 11.8 Å². The van der Waals surface area contributed by atoms with Crippen molar-refractivity contribution in [3.63, 3.8) is 0 Å². The lowest BCUT2D eigenvalue weighted by Gasteiger charge is -2.41. The number of piperidine rings is 1. The summed E-state index contributed by atoms with van der Waals surface area (Å²) in [6.07, 6.45) is 4.85. The van der Waals surface area contributed by atoms with Gasteiger partial charge in [-0.25, -0.2) is 4.39 Å². The second-order valence-corrected chi connectivity index (χ2v) is 9.55. The van der Waals surface area contributed by atoms with Gasteiger partial charge < -0.3 is 20.2 Å². The SMILES string of the molecule is CC1CCC(C2CCC(C(=O)N3CCN(C(=O)C4(O)CC4)CC3)NC2)C(F)C1. The molecule has 0 spiro atoms. The van der Waals surface area contributed by atoms with Crippen LogP contribution < -0.4 is 5.32 Å². The first-order chi connectivity index (χ1) is 13.4. The van der Waals surface area contributed by atoms with Crippen LogP contribution in [0.2, 0.25) is 0 Å². The van der Waals surface area contributed by atoms with Gasteiger partial charge in [0.2, 0.25) is 5.91 Å². The molecule has 4 fully saturated rings. The van der Waals surface area contributed by atoms with E-state index < -0.39 is 11.8 Å². The summed E-state index contributed by atoms with van der Waals surface area (Å²) in [4.78, 5) is 28.6. The fraction of sp³-hybridized carbons (Fsp3) is 0.905. The number of amides is 2.